The molecule has 0 bridgehead atoms. The van der Waals surface area contributed by atoms with Crippen LogP contribution in [0.2, 0.25) is 0 Å². The predicted octanol–water partition coefficient (Wildman–Crippen LogP) is 7.21. The Labute approximate surface area is 150 Å². The summed E-state index contributed by atoms with van der Waals surface area (Å²) in [5, 5.41) is 8.49. The quantitative estimate of drug-likeness (QED) is 0.341. The third-order valence-electron chi connectivity index (χ3n) is 6.47. The first-order chi connectivity index (χ1) is 11.8. The van der Waals surface area contributed by atoms with Crippen LogP contribution in [0, 0.1) is 35.0 Å². The van der Waals surface area contributed by atoms with Crippen LogP contribution in [0.15, 0.2) is 24.3 Å². The van der Waals surface area contributed by atoms with Gasteiger partial charge in [0, 0.05) is 6.08 Å². The molecule has 2 aliphatic carbocycles. The first-order valence-corrected chi connectivity index (χ1v) is 10.5. The number of nitriles is 1. The molecule has 0 spiro atoms. The van der Waals surface area contributed by atoms with E-state index in [1.54, 1.807) is 6.08 Å². The minimum Gasteiger partial charge on any atom is -0.193 e. The summed E-state index contributed by atoms with van der Waals surface area (Å²) in [7, 11) is 0. The van der Waals surface area contributed by atoms with E-state index < -0.39 is 0 Å². The van der Waals surface area contributed by atoms with Crippen LogP contribution in [0.3, 0.4) is 0 Å². The molecule has 0 saturated heterocycles. The van der Waals surface area contributed by atoms with Gasteiger partial charge < -0.3 is 0 Å². The monoisotopic (exact) mass is 327 g/mol. The summed E-state index contributed by atoms with van der Waals surface area (Å²) in [5.74, 6) is 3.83. The van der Waals surface area contributed by atoms with Crippen molar-refractivity contribution in [3.63, 3.8) is 0 Å². The summed E-state index contributed by atoms with van der Waals surface area (Å²) in [4.78, 5) is 0. The van der Waals surface area contributed by atoms with Crippen LogP contribution in [0.25, 0.3) is 0 Å². The van der Waals surface area contributed by atoms with Crippen molar-refractivity contribution < 1.29 is 0 Å². The van der Waals surface area contributed by atoms with Gasteiger partial charge in [0.25, 0.3) is 0 Å². The molecule has 1 heteroatoms. The fourth-order valence-electron chi connectivity index (χ4n) is 4.76. The van der Waals surface area contributed by atoms with Gasteiger partial charge in [0.15, 0.2) is 0 Å². The van der Waals surface area contributed by atoms with Gasteiger partial charge in [-0.25, -0.2) is 0 Å². The zero-order valence-electron chi connectivity index (χ0n) is 15.8. The van der Waals surface area contributed by atoms with Crippen LogP contribution >= 0.6 is 0 Å². The van der Waals surface area contributed by atoms with E-state index in [0.29, 0.717) is 0 Å². The molecule has 2 fully saturated rings. The molecule has 0 unspecified atom stereocenters. The van der Waals surface area contributed by atoms with E-state index in [0.717, 1.165) is 23.7 Å². The maximum atomic E-state index is 8.49. The minimum absolute atomic E-state index is 0.749. The molecule has 0 amide bonds. The summed E-state index contributed by atoms with van der Waals surface area (Å²) in [6.07, 6.45) is 26.7. The lowest BCUT2D eigenvalue weighted by atomic mass is 9.75. The third-order valence-corrected chi connectivity index (χ3v) is 6.47. The van der Waals surface area contributed by atoms with E-state index in [2.05, 4.69) is 19.1 Å². The third kappa shape index (κ3) is 7.25. The van der Waals surface area contributed by atoms with Crippen molar-refractivity contribution in [3.8, 4) is 6.07 Å². The van der Waals surface area contributed by atoms with E-state index in [1.807, 2.05) is 12.1 Å². The van der Waals surface area contributed by atoms with Crippen LogP contribution in [0.1, 0.15) is 90.4 Å². The van der Waals surface area contributed by atoms with Gasteiger partial charge in [0.2, 0.25) is 0 Å². The van der Waals surface area contributed by atoms with E-state index in [-0.39, 0.29) is 0 Å². The first kappa shape index (κ1) is 19.3. The lowest BCUT2D eigenvalue weighted by Crippen LogP contribution is -2.17. The van der Waals surface area contributed by atoms with Crippen LogP contribution in [-0.4, -0.2) is 0 Å². The van der Waals surface area contributed by atoms with Gasteiger partial charge in [-0.2, -0.15) is 5.26 Å². The molecule has 24 heavy (non-hydrogen) atoms. The van der Waals surface area contributed by atoms with Gasteiger partial charge in [0.1, 0.15) is 0 Å². The van der Waals surface area contributed by atoms with Crippen LogP contribution in [0.4, 0.5) is 0 Å². The van der Waals surface area contributed by atoms with E-state index in [9.17, 15) is 0 Å². The molecule has 0 heterocycles. The Hall–Kier alpha value is -1.03. The maximum absolute atomic E-state index is 8.49. The predicted molar refractivity (Wildman–Crippen MR) is 104 cm³/mol. The Kier molecular flexibility index (Phi) is 9.26. The van der Waals surface area contributed by atoms with Crippen molar-refractivity contribution in [2.45, 2.75) is 90.4 Å². The Bertz CT molecular complexity index is 412. The fourth-order valence-corrected chi connectivity index (χ4v) is 4.76. The zero-order valence-corrected chi connectivity index (χ0v) is 15.8. The standard InChI is InChI=1S/C23H37N/c1-2-3-7-20-9-13-22(14-10-20)17-18-23-15-11-21(12-16-23)8-5-4-6-19-24/h4-6,8,20-23H,2-3,7,9-18H2,1H3/t20-,21?,22-,23?. The molecule has 0 aromatic carbocycles. The minimum atomic E-state index is 0.749. The molecule has 2 rings (SSSR count). The fraction of sp³-hybridized carbons (Fsp3) is 0.783. The van der Waals surface area contributed by atoms with Crippen LogP contribution in [0.5, 0.6) is 0 Å². The second kappa shape index (κ2) is 11.5. The molecule has 0 aromatic rings. The smallest absolute Gasteiger partial charge is 0.0912 e. The highest BCUT2D eigenvalue weighted by Gasteiger charge is 2.23. The largest absolute Gasteiger partial charge is 0.193 e. The zero-order chi connectivity index (χ0) is 17.0. The first-order valence-electron chi connectivity index (χ1n) is 10.5. The van der Waals surface area contributed by atoms with Crippen LogP contribution in [-0.2, 0) is 0 Å². The molecule has 2 saturated carbocycles. The van der Waals surface area contributed by atoms with E-state index in [1.165, 1.54) is 83.5 Å². The average molecular weight is 328 g/mol. The lowest BCUT2D eigenvalue weighted by molar-refractivity contribution is 0.220. The summed E-state index contributed by atoms with van der Waals surface area (Å²) in [6, 6.07) is 2.04. The Balaban J connectivity index is 1.56. The number of rotatable bonds is 8. The number of unbranched alkanes of at least 4 members (excludes halogenated alkanes) is 1. The molecular weight excluding hydrogens is 290 g/mol. The summed E-state index contributed by atoms with van der Waals surface area (Å²) >= 11 is 0. The highest BCUT2D eigenvalue weighted by atomic mass is 14.3. The Morgan fingerprint density at radius 2 is 1.33 bits per heavy atom. The number of hydrogen-bond donors (Lipinski definition) is 0. The highest BCUT2D eigenvalue weighted by molar-refractivity contribution is 5.12. The topological polar surface area (TPSA) is 23.8 Å². The summed E-state index contributed by atoms with van der Waals surface area (Å²) < 4.78 is 0. The number of hydrogen-bond acceptors (Lipinski definition) is 1. The van der Waals surface area contributed by atoms with Crippen molar-refractivity contribution in [2.75, 3.05) is 0 Å². The summed E-state index contributed by atoms with van der Waals surface area (Å²) in [5.41, 5.74) is 0. The van der Waals surface area contributed by atoms with Gasteiger partial charge in [-0.1, -0.05) is 82.9 Å². The van der Waals surface area contributed by atoms with Crippen LogP contribution < -0.4 is 0 Å². The van der Waals surface area contributed by atoms with Gasteiger partial charge in [-0.05, 0) is 49.4 Å². The molecule has 0 radical (unpaired) electrons. The van der Waals surface area contributed by atoms with E-state index >= 15 is 0 Å². The van der Waals surface area contributed by atoms with Gasteiger partial charge in [-0.15, -0.1) is 0 Å². The lowest BCUT2D eigenvalue weighted by Gasteiger charge is -2.31. The molecule has 0 N–H and O–H groups in total. The van der Waals surface area contributed by atoms with Crippen molar-refractivity contribution in [3.05, 3.63) is 24.3 Å². The summed E-state index contributed by atoms with van der Waals surface area (Å²) in [6.45, 7) is 2.32. The molecular formula is C23H37N. The van der Waals surface area contributed by atoms with Gasteiger partial charge in [-0.3, -0.25) is 0 Å². The highest BCUT2D eigenvalue weighted by Crippen LogP contribution is 2.37. The normalized spacial score (nSPS) is 31.5. The average Bonchev–Trinajstić information content (AvgIpc) is 2.64. The molecule has 2 aliphatic rings. The molecule has 1 nitrogen and oxygen atoms in total. The number of nitrogens with zero attached hydrogens (tertiary/aromatic N) is 1. The van der Waals surface area contributed by atoms with Gasteiger partial charge >= 0.3 is 0 Å². The van der Waals surface area contributed by atoms with Crippen molar-refractivity contribution in [2.24, 2.45) is 23.7 Å². The van der Waals surface area contributed by atoms with Crippen molar-refractivity contribution >= 4 is 0 Å². The second-order valence-electron chi connectivity index (χ2n) is 8.26. The second-order valence-corrected chi connectivity index (χ2v) is 8.26. The van der Waals surface area contributed by atoms with Crippen molar-refractivity contribution in [1.82, 2.24) is 0 Å². The Morgan fingerprint density at radius 3 is 1.88 bits per heavy atom. The van der Waals surface area contributed by atoms with Crippen molar-refractivity contribution in [1.29, 1.82) is 5.26 Å². The molecule has 134 valence electrons. The Morgan fingerprint density at radius 1 is 0.792 bits per heavy atom. The number of allylic oxidation sites excluding steroid dienone is 4. The molecule has 0 aromatic heterocycles. The van der Waals surface area contributed by atoms with E-state index in [4.69, 9.17) is 5.26 Å². The molecule has 0 atom stereocenters. The SMILES string of the molecule is CCCC[C@H]1CC[C@H](CCC2CCC(C=CC=CC#N)CC2)CC1. The maximum Gasteiger partial charge on any atom is 0.0912 e. The van der Waals surface area contributed by atoms with Gasteiger partial charge in [0.05, 0.1) is 6.07 Å². The molecule has 0 aliphatic heterocycles.